The molecule has 0 amide bonds. The molecule has 0 saturated heterocycles. The van der Waals surface area contributed by atoms with Crippen LogP contribution in [0.2, 0.25) is 15.1 Å². The standard InChI is InChI=1S/C18H9Cl3O2S/c19-12-4-6-17-11(7-12)8-14(18(23)24-17)16(22)5-2-10-1-3-13(20)9-15(10)21/h1-9H. The summed E-state index contributed by atoms with van der Waals surface area (Å²) in [6.07, 6.45) is 2.89. The molecule has 2 aromatic carbocycles. The quantitative estimate of drug-likeness (QED) is 0.395. The number of allylic oxidation sites excluding steroid dienone is 1. The molecule has 3 rings (SSSR count). The molecule has 0 aliphatic carbocycles. The fraction of sp³-hybridized carbons (Fsp3) is 0. The van der Waals surface area contributed by atoms with Crippen LogP contribution < -0.4 is 4.74 Å². The van der Waals surface area contributed by atoms with E-state index in [9.17, 15) is 9.59 Å². The summed E-state index contributed by atoms with van der Waals surface area (Å²) in [5.74, 6) is -0.385. The monoisotopic (exact) mass is 394 g/mol. The highest BCUT2D eigenvalue weighted by Gasteiger charge is 2.10. The van der Waals surface area contributed by atoms with E-state index in [-0.39, 0.29) is 16.1 Å². The summed E-state index contributed by atoms with van der Waals surface area (Å²) in [5.41, 5.74) is 0.755. The smallest absolute Gasteiger partial charge is 0.244 e. The van der Waals surface area contributed by atoms with Crippen LogP contribution in [0.1, 0.15) is 15.9 Å². The van der Waals surface area contributed by atoms with Crippen molar-refractivity contribution < 1.29 is 4.79 Å². The Balaban J connectivity index is 1.97. The lowest BCUT2D eigenvalue weighted by atomic mass is 10.1. The largest absolute Gasteiger partial charge is 0.289 e. The van der Waals surface area contributed by atoms with Gasteiger partial charge in [0, 0.05) is 19.8 Å². The summed E-state index contributed by atoms with van der Waals surface area (Å²) in [4.78, 5) is 24.5. The summed E-state index contributed by atoms with van der Waals surface area (Å²) >= 11 is 18.9. The summed E-state index contributed by atoms with van der Waals surface area (Å²) in [5, 5.41) is 2.25. The molecule has 0 saturated carbocycles. The molecule has 120 valence electrons. The molecule has 24 heavy (non-hydrogen) atoms. The first-order valence-electron chi connectivity index (χ1n) is 6.85. The average Bonchev–Trinajstić information content (AvgIpc) is 2.53. The van der Waals surface area contributed by atoms with Crippen molar-refractivity contribution in [3.63, 3.8) is 0 Å². The van der Waals surface area contributed by atoms with Crippen LogP contribution >= 0.6 is 46.1 Å². The topological polar surface area (TPSA) is 34.1 Å². The highest BCUT2D eigenvalue weighted by atomic mass is 35.5. The molecule has 2 nitrogen and oxygen atoms in total. The van der Waals surface area contributed by atoms with Crippen LogP contribution in [-0.4, -0.2) is 5.78 Å². The van der Waals surface area contributed by atoms with Gasteiger partial charge in [0.1, 0.15) is 0 Å². The fourth-order valence-corrected chi connectivity index (χ4v) is 3.65. The van der Waals surface area contributed by atoms with E-state index in [2.05, 4.69) is 0 Å². The van der Waals surface area contributed by atoms with Crippen molar-refractivity contribution in [2.45, 2.75) is 0 Å². The zero-order valence-electron chi connectivity index (χ0n) is 12.1. The fourth-order valence-electron chi connectivity index (χ4n) is 2.16. The summed E-state index contributed by atoms with van der Waals surface area (Å²) in [7, 11) is 0. The minimum atomic E-state index is -0.385. The molecule has 3 aromatic rings. The number of ketones is 1. The van der Waals surface area contributed by atoms with Crippen LogP contribution in [-0.2, 0) is 0 Å². The zero-order valence-corrected chi connectivity index (χ0v) is 15.1. The predicted octanol–water partition coefficient (Wildman–Crippen LogP) is 6.12. The van der Waals surface area contributed by atoms with Crippen molar-refractivity contribution in [3.8, 4) is 0 Å². The molecular formula is C18H9Cl3O2S. The number of benzene rings is 2. The Bertz CT molecular complexity index is 1040. The maximum atomic E-state index is 12.4. The van der Waals surface area contributed by atoms with Gasteiger partial charge >= 0.3 is 0 Å². The number of halogens is 3. The molecule has 0 unspecified atom stereocenters. The van der Waals surface area contributed by atoms with E-state index in [0.29, 0.717) is 20.6 Å². The van der Waals surface area contributed by atoms with Gasteiger partial charge in [-0.05, 0) is 59.5 Å². The van der Waals surface area contributed by atoms with E-state index in [0.717, 1.165) is 21.4 Å². The third-order valence-electron chi connectivity index (χ3n) is 3.34. The first kappa shape index (κ1) is 17.2. The maximum Gasteiger partial charge on any atom is 0.244 e. The minimum Gasteiger partial charge on any atom is -0.289 e. The first-order chi connectivity index (χ1) is 11.4. The number of rotatable bonds is 3. The van der Waals surface area contributed by atoms with Crippen LogP contribution in [0.3, 0.4) is 0 Å². The molecule has 6 heteroatoms. The Kier molecular flexibility index (Phi) is 5.07. The molecule has 0 radical (unpaired) electrons. The molecule has 0 bridgehead atoms. The van der Waals surface area contributed by atoms with Crippen molar-refractivity contribution in [3.05, 3.63) is 84.3 Å². The molecule has 0 aliphatic heterocycles. The van der Waals surface area contributed by atoms with Gasteiger partial charge in [0.05, 0.1) is 5.56 Å². The van der Waals surface area contributed by atoms with Gasteiger partial charge in [-0.2, -0.15) is 0 Å². The molecule has 0 fully saturated rings. The van der Waals surface area contributed by atoms with Crippen LogP contribution in [0.15, 0.2) is 53.3 Å². The Morgan fingerprint density at radius 3 is 2.42 bits per heavy atom. The van der Waals surface area contributed by atoms with Crippen molar-refractivity contribution in [2.75, 3.05) is 0 Å². The van der Waals surface area contributed by atoms with Crippen LogP contribution in [0.4, 0.5) is 0 Å². The van der Waals surface area contributed by atoms with E-state index in [1.165, 1.54) is 6.08 Å². The SMILES string of the molecule is O=C(C=Cc1ccc(Cl)cc1Cl)c1cc2cc(Cl)ccc2sc1=O. The number of fused-ring (bicyclic) bond motifs is 1. The van der Waals surface area contributed by atoms with Gasteiger partial charge in [0.15, 0.2) is 5.78 Å². The number of carbonyl (C=O) groups is 1. The normalized spacial score (nSPS) is 11.3. The van der Waals surface area contributed by atoms with E-state index in [1.54, 1.807) is 48.5 Å². The van der Waals surface area contributed by atoms with E-state index >= 15 is 0 Å². The van der Waals surface area contributed by atoms with Crippen LogP contribution in [0, 0.1) is 0 Å². The third kappa shape index (κ3) is 3.70. The van der Waals surface area contributed by atoms with Crippen LogP contribution in [0.5, 0.6) is 0 Å². The summed E-state index contributed by atoms with van der Waals surface area (Å²) < 4.78 is 0.493. The molecule has 0 aliphatic rings. The molecule has 1 aromatic heterocycles. The third-order valence-corrected chi connectivity index (χ3v) is 5.13. The Hall–Kier alpha value is -1.65. The van der Waals surface area contributed by atoms with Crippen LogP contribution in [0.25, 0.3) is 16.2 Å². The second-order valence-corrected chi connectivity index (χ2v) is 7.29. The van der Waals surface area contributed by atoms with E-state index in [4.69, 9.17) is 34.8 Å². The molecular weight excluding hydrogens is 387 g/mol. The number of carbonyl (C=O) groups excluding carboxylic acids is 1. The lowest BCUT2D eigenvalue weighted by Gasteiger charge is -2.01. The van der Waals surface area contributed by atoms with Gasteiger partial charge in [-0.3, -0.25) is 9.59 Å². The summed E-state index contributed by atoms with van der Waals surface area (Å²) in [6.45, 7) is 0. The van der Waals surface area contributed by atoms with Crippen molar-refractivity contribution in [1.29, 1.82) is 0 Å². The van der Waals surface area contributed by atoms with E-state index < -0.39 is 0 Å². The van der Waals surface area contributed by atoms with Gasteiger partial charge in [0.25, 0.3) is 0 Å². The minimum absolute atomic E-state index is 0.108. The number of hydrogen-bond acceptors (Lipinski definition) is 3. The zero-order chi connectivity index (χ0) is 17.3. The second-order valence-electron chi connectivity index (χ2n) is 4.99. The van der Waals surface area contributed by atoms with E-state index in [1.807, 2.05) is 0 Å². The van der Waals surface area contributed by atoms with Gasteiger partial charge in [0.2, 0.25) is 4.74 Å². The molecule has 0 N–H and O–H groups in total. The van der Waals surface area contributed by atoms with Crippen molar-refractivity contribution in [2.24, 2.45) is 0 Å². The molecule has 1 heterocycles. The lowest BCUT2D eigenvalue weighted by molar-refractivity contribution is 0.104. The molecule has 0 spiro atoms. The second kappa shape index (κ2) is 7.08. The first-order valence-corrected chi connectivity index (χ1v) is 8.80. The van der Waals surface area contributed by atoms with Gasteiger partial charge in [-0.15, -0.1) is 0 Å². The highest BCUT2D eigenvalue weighted by molar-refractivity contribution is 7.16. The molecule has 0 atom stereocenters. The Labute approximate surface area is 156 Å². The number of hydrogen-bond donors (Lipinski definition) is 0. The lowest BCUT2D eigenvalue weighted by Crippen LogP contribution is -2.09. The van der Waals surface area contributed by atoms with Crippen molar-refractivity contribution >= 4 is 68.1 Å². The average molecular weight is 396 g/mol. The summed E-state index contributed by atoms with van der Waals surface area (Å²) in [6, 6.07) is 11.7. The Morgan fingerprint density at radius 2 is 1.67 bits per heavy atom. The van der Waals surface area contributed by atoms with Crippen molar-refractivity contribution in [1.82, 2.24) is 0 Å². The van der Waals surface area contributed by atoms with Gasteiger partial charge in [-0.1, -0.05) is 52.2 Å². The maximum absolute atomic E-state index is 12.4. The van der Waals surface area contributed by atoms with Gasteiger partial charge < -0.3 is 0 Å². The van der Waals surface area contributed by atoms with Gasteiger partial charge in [-0.25, -0.2) is 0 Å². The predicted molar refractivity (Wildman–Crippen MR) is 103 cm³/mol. The highest BCUT2D eigenvalue weighted by Crippen LogP contribution is 2.24. The Morgan fingerprint density at radius 1 is 0.958 bits per heavy atom.